The molecule has 0 amide bonds. The van der Waals surface area contributed by atoms with Crippen molar-refractivity contribution in [2.75, 3.05) is 18.1 Å². The summed E-state index contributed by atoms with van der Waals surface area (Å²) in [5.41, 5.74) is 5.20. The molecule has 1 saturated heterocycles. The Morgan fingerprint density at radius 2 is 2.00 bits per heavy atom. The number of hydrogen-bond acceptors (Lipinski definition) is 4. The van der Waals surface area contributed by atoms with Crippen LogP contribution in [0.4, 0.5) is 5.82 Å². The maximum atomic E-state index is 13.2. The molecule has 0 bridgehead atoms. The van der Waals surface area contributed by atoms with Gasteiger partial charge in [-0.25, -0.2) is 9.78 Å². The van der Waals surface area contributed by atoms with Gasteiger partial charge in [-0.2, -0.15) is 0 Å². The molecule has 4 heteroatoms. The fraction of sp³-hybridized carbons (Fsp3) is 0.500. The van der Waals surface area contributed by atoms with Crippen molar-refractivity contribution in [3.63, 3.8) is 0 Å². The van der Waals surface area contributed by atoms with Gasteiger partial charge in [0.25, 0.3) is 0 Å². The van der Waals surface area contributed by atoms with Crippen LogP contribution >= 0.6 is 0 Å². The standard InChI is InChI=1S/C24H30N2O2/c1-4-28-24(27)22-21(18-10-6-5-7-11-18)19-15-16(2)12-13-20(19)25-23(22)26-14-8-9-17(26)3/h5-7,10-11,16-17H,4,8-9,12-15H2,1-3H3. The van der Waals surface area contributed by atoms with Crippen molar-refractivity contribution >= 4 is 11.8 Å². The van der Waals surface area contributed by atoms with Crippen LogP contribution in [-0.4, -0.2) is 30.1 Å². The van der Waals surface area contributed by atoms with Gasteiger partial charge in [0.15, 0.2) is 0 Å². The molecule has 1 aliphatic carbocycles. The average molecular weight is 379 g/mol. The average Bonchev–Trinajstić information content (AvgIpc) is 3.13. The smallest absolute Gasteiger partial charge is 0.342 e. The second-order valence-corrected chi connectivity index (χ2v) is 8.23. The summed E-state index contributed by atoms with van der Waals surface area (Å²) < 4.78 is 5.54. The lowest BCUT2D eigenvalue weighted by Crippen LogP contribution is -2.31. The zero-order valence-electron chi connectivity index (χ0n) is 17.2. The van der Waals surface area contributed by atoms with Crippen LogP contribution in [0.1, 0.15) is 61.6 Å². The SMILES string of the molecule is CCOC(=O)c1c(N2CCCC2C)nc2c(c1-c1ccccc1)CC(C)CC2. The maximum Gasteiger partial charge on any atom is 0.342 e. The van der Waals surface area contributed by atoms with Crippen LogP contribution in [0.15, 0.2) is 30.3 Å². The second-order valence-electron chi connectivity index (χ2n) is 8.23. The summed E-state index contributed by atoms with van der Waals surface area (Å²) in [6.07, 6.45) is 5.38. The molecule has 1 aliphatic heterocycles. The Morgan fingerprint density at radius 1 is 1.21 bits per heavy atom. The molecule has 2 aromatic rings. The second kappa shape index (κ2) is 7.94. The number of hydrogen-bond donors (Lipinski definition) is 0. The van der Waals surface area contributed by atoms with Gasteiger partial charge in [0.05, 0.1) is 6.61 Å². The zero-order valence-corrected chi connectivity index (χ0v) is 17.2. The normalized spacial score (nSPS) is 21.5. The summed E-state index contributed by atoms with van der Waals surface area (Å²) in [6.45, 7) is 7.71. The molecule has 2 heterocycles. The molecular weight excluding hydrogens is 348 g/mol. The molecule has 0 saturated carbocycles. The molecule has 148 valence electrons. The number of nitrogens with zero attached hydrogens (tertiary/aromatic N) is 2. The van der Waals surface area contributed by atoms with E-state index >= 15 is 0 Å². The molecule has 0 N–H and O–H groups in total. The lowest BCUT2D eigenvalue weighted by atomic mass is 9.82. The monoisotopic (exact) mass is 378 g/mol. The number of esters is 1. The third-order valence-corrected chi connectivity index (χ3v) is 6.16. The molecule has 0 spiro atoms. The third kappa shape index (κ3) is 3.41. The number of benzene rings is 1. The van der Waals surface area contributed by atoms with Gasteiger partial charge in [0.2, 0.25) is 0 Å². The largest absolute Gasteiger partial charge is 0.462 e. The molecule has 0 radical (unpaired) electrons. The van der Waals surface area contributed by atoms with Gasteiger partial charge in [-0.15, -0.1) is 0 Å². The van der Waals surface area contributed by atoms with Crippen LogP contribution in [-0.2, 0) is 17.6 Å². The van der Waals surface area contributed by atoms with E-state index in [1.807, 2.05) is 25.1 Å². The van der Waals surface area contributed by atoms with Crippen LogP contribution in [0, 0.1) is 5.92 Å². The number of anilines is 1. The van der Waals surface area contributed by atoms with Crippen molar-refractivity contribution in [2.24, 2.45) is 5.92 Å². The van der Waals surface area contributed by atoms with E-state index in [4.69, 9.17) is 9.72 Å². The quantitative estimate of drug-likeness (QED) is 0.699. The van der Waals surface area contributed by atoms with Crippen LogP contribution in [0.5, 0.6) is 0 Å². The van der Waals surface area contributed by atoms with Crippen molar-refractivity contribution in [3.8, 4) is 11.1 Å². The topological polar surface area (TPSA) is 42.4 Å². The summed E-state index contributed by atoms with van der Waals surface area (Å²) in [4.78, 5) is 20.6. The Kier molecular flexibility index (Phi) is 5.38. The van der Waals surface area contributed by atoms with E-state index in [1.54, 1.807) is 0 Å². The predicted octanol–water partition coefficient (Wildman–Crippen LogP) is 5.04. The lowest BCUT2D eigenvalue weighted by molar-refractivity contribution is 0.0527. The number of carbonyl (C=O) groups excluding carboxylic acids is 1. The van der Waals surface area contributed by atoms with E-state index in [9.17, 15) is 4.79 Å². The molecule has 2 unspecified atom stereocenters. The van der Waals surface area contributed by atoms with Crippen molar-refractivity contribution in [1.82, 2.24) is 4.98 Å². The number of aryl methyl sites for hydroxylation is 1. The van der Waals surface area contributed by atoms with Crippen molar-refractivity contribution < 1.29 is 9.53 Å². The zero-order chi connectivity index (χ0) is 19.7. The highest BCUT2D eigenvalue weighted by atomic mass is 16.5. The highest BCUT2D eigenvalue weighted by molar-refractivity contribution is 6.03. The highest BCUT2D eigenvalue weighted by Gasteiger charge is 2.33. The molecule has 2 aliphatic rings. The number of aromatic nitrogens is 1. The molecule has 1 aromatic heterocycles. The van der Waals surface area contributed by atoms with Gasteiger partial charge in [-0.3, -0.25) is 0 Å². The summed E-state index contributed by atoms with van der Waals surface area (Å²) in [5.74, 6) is 1.18. The van der Waals surface area contributed by atoms with Gasteiger partial charge in [-0.1, -0.05) is 37.3 Å². The van der Waals surface area contributed by atoms with Crippen LogP contribution in [0.25, 0.3) is 11.1 Å². The van der Waals surface area contributed by atoms with Gasteiger partial charge < -0.3 is 9.64 Å². The van der Waals surface area contributed by atoms with Gasteiger partial charge in [0, 0.05) is 23.8 Å². The van der Waals surface area contributed by atoms with Crippen LogP contribution < -0.4 is 4.90 Å². The van der Waals surface area contributed by atoms with E-state index in [-0.39, 0.29) is 5.97 Å². The van der Waals surface area contributed by atoms with E-state index in [0.29, 0.717) is 24.1 Å². The number of pyridine rings is 1. The minimum absolute atomic E-state index is 0.246. The number of fused-ring (bicyclic) bond motifs is 1. The fourth-order valence-corrected chi connectivity index (χ4v) is 4.69. The first-order chi connectivity index (χ1) is 13.6. The minimum Gasteiger partial charge on any atom is -0.462 e. The molecule has 1 aromatic carbocycles. The minimum atomic E-state index is -0.246. The third-order valence-electron chi connectivity index (χ3n) is 6.16. The maximum absolute atomic E-state index is 13.2. The van der Waals surface area contributed by atoms with Gasteiger partial charge in [0.1, 0.15) is 11.4 Å². The highest BCUT2D eigenvalue weighted by Crippen LogP contribution is 2.41. The molecule has 4 nitrogen and oxygen atoms in total. The van der Waals surface area contributed by atoms with E-state index < -0.39 is 0 Å². The van der Waals surface area contributed by atoms with Crippen LogP contribution in [0.3, 0.4) is 0 Å². The first-order valence-electron chi connectivity index (χ1n) is 10.6. The Morgan fingerprint density at radius 3 is 2.68 bits per heavy atom. The molecule has 28 heavy (non-hydrogen) atoms. The van der Waals surface area contributed by atoms with Gasteiger partial charge in [-0.05, 0) is 63.0 Å². The Bertz CT molecular complexity index is 863. The molecule has 1 fully saturated rings. The fourth-order valence-electron chi connectivity index (χ4n) is 4.69. The predicted molar refractivity (Wildman–Crippen MR) is 113 cm³/mol. The van der Waals surface area contributed by atoms with E-state index in [1.165, 1.54) is 11.3 Å². The molecule has 2 atom stereocenters. The number of carbonyl (C=O) groups is 1. The first-order valence-corrected chi connectivity index (χ1v) is 10.6. The summed E-state index contributed by atoms with van der Waals surface area (Å²) in [6, 6.07) is 10.7. The van der Waals surface area contributed by atoms with Crippen molar-refractivity contribution in [3.05, 3.63) is 47.2 Å². The summed E-state index contributed by atoms with van der Waals surface area (Å²) >= 11 is 0. The van der Waals surface area contributed by atoms with Crippen molar-refractivity contribution in [2.45, 2.75) is 58.9 Å². The van der Waals surface area contributed by atoms with Crippen molar-refractivity contribution in [1.29, 1.82) is 0 Å². The molecule has 4 rings (SSSR count). The van der Waals surface area contributed by atoms with Crippen LogP contribution in [0.2, 0.25) is 0 Å². The molecular formula is C24H30N2O2. The first kappa shape index (κ1) is 19.0. The van der Waals surface area contributed by atoms with Gasteiger partial charge >= 0.3 is 5.97 Å². The van der Waals surface area contributed by atoms with E-state index in [2.05, 4.69) is 30.9 Å². The Labute approximate surface area is 167 Å². The number of rotatable bonds is 4. The Hall–Kier alpha value is -2.36. The Balaban J connectivity index is 2.00. The summed E-state index contributed by atoms with van der Waals surface area (Å²) in [5, 5.41) is 0. The lowest BCUT2D eigenvalue weighted by Gasteiger charge is -2.31. The number of ether oxygens (including phenoxy) is 1. The van der Waals surface area contributed by atoms with E-state index in [0.717, 1.165) is 55.6 Å². The summed E-state index contributed by atoms with van der Waals surface area (Å²) in [7, 11) is 0.